The average Bonchev–Trinajstić information content (AvgIpc) is 2.43. The SMILES string of the molecule is COC(=O)CCC(N)c1cc(OC)ccc1OC. The number of benzene rings is 1. The monoisotopic (exact) mass is 253 g/mol. The summed E-state index contributed by atoms with van der Waals surface area (Å²) in [5.74, 6) is 1.12. The number of ether oxygens (including phenoxy) is 3. The Morgan fingerprint density at radius 3 is 2.56 bits per heavy atom. The van der Waals surface area contributed by atoms with Gasteiger partial charge in [-0.05, 0) is 24.6 Å². The molecule has 0 saturated heterocycles. The molecule has 5 heteroatoms. The molecule has 18 heavy (non-hydrogen) atoms. The summed E-state index contributed by atoms with van der Waals surface area (Å²) >= 11 is 0. The number of hydrogen-bond acceptors (Lipinski definition) is 5. The van der Waals surface area contributed by atoms with E-state index in [1.165, 1.54) is 7.11 Å². The molecule has 1 atom stereocenters. The van der Waals surface area contributed by atoms with Gasteiger partial charge in [-0.2, -0.15) is 0 Å². The normalized spacial score (nSPS) is 11.8. The highest BCUT2D eigenvalue weighted by molar-refractivity contribution is 5.69. The Morgan fingerprint density at radius 1 is 1.28 bits per heavy atom. The maximum atomic E-state index is 11.1. The lowest BCUT2D eigenvalue weighted by Gasteiger charge is -2.16. The fourth-order valence-electron chi connectivity index (χ4n) is 1.66. The van der Waals surface area contributed by atoms with Crippen LogP contribution in [0.15, 0.2) is 18.2 Å². The first-order chi connectivity index (χ1) is 8.62. The van der Waals surface area contributed by atoms with E-state index in [9.17, 15) is 4.79 Å². The van der Waals surface area contributed by atoms with Crippen LogP contribution in [0.1, 0.15) is 24.4 Å². The van der Waals surface area contributed by atoms with Crippen molar-refractivity contribution in [2.24, 2.45) is 5.73 Å². The van der Waals surface area contributed by atoms with Crippen molar-refractivity contribution >= 4 is 5.97 Å². The van der Waals surface area contributed by atoms with E-state index in [-0.39, 0.29) is 18.4 Å². The van der Waals surface area contributed by atoms with Gasteiger partial charge < -0.3 is 19.9 Å². The fourth-order valence-corrected chi connectivity index (χ4v) is 1.66. The molecule has 0 radical (unpaired) electrons. The van der Waals surface area contributed by atoms with Crippen molar-refractivity contribution in [3.8, 4) is 11.5 Å². The molecule has 0 saturated carbocycles. The molecule has 0 amide bonds. The Labute approximate surface area is 107 Å². The van der Waals surface area contributed by atoms with Gasteiger partial charge in [0.15, 0.2) is 0 Å². The van der Waals surface area contributed by atoms with E-state index < -0.39 is 0 Å². The van der Waals surface area contributed by atoms with Crippen LogP contribution in [-0.2, 0) is 9.53 Å². The summed E-state index contributed by atoms with van der Waals surface area (Å²) in [5.41, 5.74) is 6.87. The summed E-state index contributed by atoms with van der Waals surface area (Å²) in [6.07, 6.45) is 0.772. The number of carbonyl (C=O) groups is 1. The molecule has 1 unspecified atom stereocenters. The van der Waals surface area contributed by atoms with Crippen molar-refractivity contribution in [2.45, 2.75) is 18.9 Å². The summed E-state index contributed by atoms with van der Waals surface area (Å²) < 4.78 is 15.0. The topological polar surface area (TPSA) is 70.8 Å². The molecule has 0 aromatic heterocycles. The third kappa shape index (κ3) is 3.63. The van der Waals surface area contributed by atoms with Crippen LogP contribution >= 0.6 is 0 Å². The maximum Gasteiger partial charge on any atom is 0.305 e. The zero-order valence-electron chi connectivity index (χ0n) is 10.9. The van der Waals surface area contributed by atoms with Gasteiger partial charge in [-0.15, -0.1) is 0 Å². The van der Waals surface area contributed by atoms with Gasteiger partial charge in [0.25, 0.3) is 0 Å². The molecule has 1 rings (SSSR count). The summed E-state index contributed by atoms with van der Waals surface area (Å²) in [4.78, 5) is 11.1. The Balaban J connectivity index is 2.82. The summed E-state index contributed by atoms with van der Waals surface area (Å²) in [6.45, 7) is 0. The zero-order valence-corrected chi connectivity index (χ0v) is 10.9. The maximum absolute atomic E-state index is 11.1. The van der Waals surface area contributed by atoms with Gasteiger partial charge in [-0.3, -0.25) is 4.79 Å². The van der Waals surface area contributed by atoms with Gasteiger partial charge in [0.1, 0.15) is 11.5 Å². The Morgan fingerprint density at radius 2 is 2.00 bits per heavy atom. The fraction of sp³-hybridized carbons (Fsp3) is 0.462. The molecule has 0 aliphatic heterocycles. The lowest BCUT2D eigenvalue weighted by atomic mass is 10.0. The van der Waals surface area contributed by atoms with Gasteiger partial charge in [0.05, 0.1) is 21.3 Å². The largest absolute Gasteiger partial charge is 0.497 e. The summed E-state index contributed by atoms with van der Waals surface area (Å²) in [7, 11) is 4.53. The van der Waals surface area contributed by atoms with Crippen molar-refractivity contribution in [2.75, 3.05) is 21.3 Å². The minimum atomic E-state index is -0.297. The smallest absolute Gasteiger partial charge is 0.305 e. The van der Waals surface area contributed by atoms with Crippen molar-refractivity contribution in [1.29, 1.82) is 0 Å². The van der Waals surface area contributed by atoms with Crippen molar-refractivity contribution < 1.29 is 19.0 Å². The average molecular weight is 253 g/mol. The van der Waals surface area contributed by atoms with Crippen LogP contribution in [0.5, 0.6) is 11.5 Å². The molecule has 0 heterocycles. The van der Waals surface area contributed by atoms with Gasteiger partial charge >= 0.3 is 5.97 Å². The van der Waals surface area contributed by atoms with Gasteiger partial charge in [-0.1, -0.05) is 0 Å². The standard InChI is InChI=1S/C13H19NO4/c1-16-9-4-6-12(17-2)10(8-9)11(14)5-7-13(15)18-3/h4,6,8,11H,5,7,14H2,1-3H3. The number of esters is 1. The lowest BCUT2D eigenvalue weighted by Crippen LogP contribution is -2.14. The molecule has 1 aromatic rings. The molecule has 0 spiro atoms. The highest BCUT2D eigenvalue weighted by Gasteiger charge is 2.15. The van der Waals surface area contributed by atoms with E-state index in [0.29, 0.717) is 17.9 Å². The van der Waals surface area contributed by atoms with Gasteiger partial charge in [0, 0.05) is 18.0 Å². The number of methoxy groups -OCH3 is 3. The first-order valence-electron chi connectivity index (χ1n) is 5.66. The third-order valence-electron chi connectivity index (χ3n) is 2.72. The van der Waals surface area contributed by atoms with Crippen LogP contribution in [0.25, 0.3) is 0 Å². The Kier molecular flexibility index (Phi) is 5.45. The predicted molar refractivity (Wildman–Crippen MR) is 67.7 cm³/mol. The van der Waals surface area contributed by atoms with Crippen LogP contribution in [-0.4, -0.2) is 27.3 Å². The predicted octanol–water partition coefficient (Wildman–Crippen LogP) is 1.66. The molecule has 0 bridgehead atoms. The quantitative estimate of drug-likeness (QED) is 0.781. The Hall–Kier alpha value is -1.75. The highest BCUT2D eigenvalue weighted by Crippen LogP contribution is 2.30. The molecule has 0 aliphatic rings. The number of carbonyl (C=O) groups excluding carboxylic acids is 1. The van der Waals surface area contributed by atoms with E-state index in [4.69, 9.17) is 15.2 Å². The van der Waals surface area contributed by atoms with E-state index in [2.05, 4.69) is 4.74 Å². The van der Waals surface area contributed by atoms with Crippen LogP contribution in [0.3, 0.4) is 0 Å². The molecule has 100 valence electrons. The van der Waals surface area contributed by atoms with E-state index in [0.717, 1.165) is 5.56 Å². The molecule has 1 aromatic carbocycles. The molecule has 0 fully saturated rings. The zero-order chi connectivity index (χ0) is 13.5. The molecular weight excluding hydrogens is 234 g/mol. The summed E-state index contributed by atoms with van der Waals surface area (Å²) in [6, 6.07) is 5.12. The van der Waals surface area contributed by atoms with Crippen LogP contribution in [0, 0.1) is 0 Å². The highest BCUT2D eigenvalue weighted by atomic mass is 16.5. The second-order valence-corrected chi connectivity index (χ2v) is 3.83. The number of hydrogen-bond donors (Lipinski definition) is 1. The number of rotatable bonds is 6. The van der Waals surface area contributed by atoms with Crippen molar-refractivity contribution in [3.05, 3.63) is 23.8 Å². The van der Waals surface area contributed by atoms with E-state index >= 15 is 0 Å². The molecule has 2 N–H and O–H groups in total. The van der Waals surface area contributed by atoms with Crippen LogP contribution in [0.2, 0.25) is 0 Å². The Bertz CT molecular complexity index is 406. The van der Waals surface area contributed by atoms with Crippen LogP contribution < -0.4 is 15.2 Å². The molecule has 0 aliphatic carbocycles. The second-order valence-electron chi connectivity index (χ2n) is 3.83. The molecular formula is C13H19NO4. The minimum absolute atomic E-state index is 0.271. The van der Waals surface area contributed by atoms with Crippen molar-refractivity contribution in [1.82, 2.24) is 0 Å². The second kappa shape index (κ2) is 6.86. The van der Waals surface area contributed by atoms with Crippen LogP contribution in [0.4, 0.5) is 0 Å². The number of nitrogens with two attached hydrogens (primary N) is 1. The van der Waals surface area contributed by atoms with Gasteiger partial charge in [0.2, 0.25) is 0 Å². The van der Waals surface area contributed by atoms with Gasteiger partial charge in [-0.25, -0.2) is 0 Å². The summed E-state index contributed by atoms with van der Waals surface area (Å²) in [5, 5.41) is 0. The minimum Gasteiger partial charge on any atom is -0.497 e. The van der Waals surface area contributed by atoms with E-state index in [1.54, 1.807) is 26.4 Å². The first-order valence-corrected chi connectivity index (χ1v) is 5.66. The molecule has 5 nitrogen and oxygen atoms in total. The third-order valence-corrected chi connectivity index (χ3v) is 2.72. The lowest BCUT2D eigenvalue weighted by molar-refractivity contribution is -0.140. The first kappa shape index (κ1) is 14.3. The van der Waals surface area contributed by atoms with E-state index in [1.807, 2.05) is 6.07 Å². The van der Waals surface area contributed by atoms with Crippen molar-refractivity contribution in [3.63, 3.8) is 0 Å².